The molecule has 102 valence electrons. The summed E-state index contributed by atoms with van der Waals surface area (Å²) in [6, 6.07) is 8.55. The van der Waals surface area contributed by atoms with E-state index in [9.17, 15) is 0 Å². The molecule has 2 rings (SSSR count). The van der Waals surface area contributed by atoms with Crippen molar-refractivity contribution in [2.45, 2.75) is 39.8 Å². The summed E-state index contributed by atoms with van der Waals surface area (Å²) < 4.78 is 0. The van der Waals surface area contributed by atoms with Crippen LogP contribution in [0.15, 0.2) is 24.3 Å². The summed E-state index contributed by atoms with van der Waals surface area (Å²) in [7, 11) is 0. The second-order valence-electron chi connectivity index (χ2n) is 4.85. The zero-order valence-corrected chi connectivity index (χ0v) is 13.3. The third-order valence-electron chi connectivity index (χ3n) is 3.18. The topological polar surface area (TPSA) is 24.9 Å². The number of aromatic nitrogens is 1. The first-order valence-electron chi connectivity index (χ1n) is 6.43. The number of thiazole rings is 1. The van der Waals surface area contributed by atoms with E-state index < -0.39 is 0 Å². The van der Waals surface area contributed by atoms with E-state index >= 15 is 0 Å². The van der Waals surface area contributed by atoms with Gasteiger partial charge in [0.2, 0.25) is 0 Å². The molecule has 1 aromatic carbocycles. The highest BCUT2D eigenvalue weighted by Crippen LogP contribution is 2.27. The van der Waals surface area contributed by atoms with Crippen LogP contribution in [0, 0.1) is 13.8 Å². The standard InChI is InChI=1S/C15H19ClN2S/c1-9(13-6-5-7-14(16)8-13)17-10(2)15-11(3)18-12(4)19-15/h5-10,17H,1-4H3. The number of aryl methyl sites for hydroxylation is 2. The lowest BCUT2D eigenvalue weighted by molar-refractivity contribution is 0.498. The van der Waals surface area contributed by atoms with E-state index in [1.165, 1.54) is 10.4 Å². The molecule has 0 saturated carbocycles. The molecule has 0 bridgehead atoms. The maximum atomic E-state index is 6.04. The van der Waals surface area contributed by atoms with Gasteiger partial charge in [-0.05, 0) is 45.4 Å². The highest BCUT2D eigenvalue weighted by Gasteiger charge is 2.16. The lowest BCUT2D eigenvalue weighted by Crippen LogP contribution is -2.22. The number of hydrogen-bond acceptors (Lipinski definition) is 3. The molecule has 2 atom stereocenters. The van der Waals surface area contributed by atoms with E-state index in [4.69, 9.17) is 11.6 Å². The lowest BCUT2D eigenvalue weighted by atomic mass is 10.1. The van der Waals surface area contributed by atoms with Crippen LogP contribution in [0.2, 0.25) is 5.02 Å². The van der Waals surface area contributed by atoms with Gasteiger partial charge >= 0.3 is 0 Å². The number of benzene rings is 1. The molecular weight excluding hydrogens is 276 g/mol. The van der Waals surface area contributed by atoms with Crippen LogP contribution < -0.4 is 5.32 Å². The molecule has 2 nitrogen and oxygen atoms in total. The molecule has 0 aliphatic heterocycles. The molecule has 19 heavy (non-hydrogen) atoms. The quantitative estimate of drug-likeness (QED) is 0.874. The molecule has 1 heterocycles. The van der Waals surface area contributed by atoms with E-state index in [1.54, 1.807) is 11.3 Å². The normalized spacial score (nSPS) is 14.4. The summed E-state index contributed by atoms with van der Waals surface area (Å²) in [6.45, 7) is 8.46. The average molecular weight is 295 g/mol. The summed E-state index contributed by atoms with van der Waals surface area (Å²) in [5, 5.41) is 5.51. The highest BCUT2D eigenvalue weighted by molar-refractivity contribution is 7.11. The smallest absolute Gasteiger partial charge is 0.0900 e. The van der Waals surface area contributed by atoms with Crippen molar-refractivity contribution in [1.29, 1.82) is 0 Å². The van der Waals surface area contributed by atoms with Crippen molar-refractivity contribution in [1.82, 2.24) is 10.3 Å². The fourth-order valence-corrected chi connectivity index (χ4v) is 3.41. The van der Waals surface area contributed by atoms with Gasteiger partial charge in [0.25, 0.3) is 0 Å². The molecule has 0 spiro atoms. The Labute approximate surface area is 123 Å². The van der Waals surface area contributed by atoms with Gasteiger partial charge < -0.3 is 5.32 Å². The van der Waals surface area contributed by atoms with E-state index in [1.807, 2.05) is 25.1 Å². The van der Waals surface area contributed by atoms with Crippen LogP contribution in [0.25, 0.3) is 0 Å². The minimum atomic E-state index is 0.260. The summed E-state index contributed by atoms with van der Waals surface area (Å²) >= 11 is 7.80. The Bertz CT molecular complexity index is 565. The monoisotopic (exact) mass is 294 g/mol. The van der Waals surface area contributed by atoms with Gasteiger partial charge in [-0.2, -0.15) is 0 Å². The third kappa shape index (κ3) is 3.56. The van der Waals surface area contributed by atoms with Gasteiger partial charge in [0.05, 0.1) is 10.7 Å². The molecule has 0 aliphatic rings. The Hall–Kier alpha value is -0.900. The van der Waals surface area contributed by atoms with Gasteiger partial charge in [0.15, 0.2) is 0 Å². The molecular formula is C15H19ClN2S. The maximum absolute atomic E-state index is 6.04. The number of nitrogens with one attached hydrogen (secondary N) is 1. The fraction of sp³-hybridized carbons (Fsp3) is 0.400. The first kappa shape index (κ1) is 14.5. The number of nitrogens with zero attached hydrogens (tertiary/aromatic N) is 1. The number of rotatable bonds is 4. The van der Waals surface area contributed by atoms with Gasteiger partial charge in [-0.15, -0.1) is 11.3 Å². The Balaban J connectivity index is 2.10. The molecule has 0 amide bonds. The fourth-order valence-electron chi connectivity index (χ4n) is 2.27. The van der Waals surface area contributed by atoms with Crippen LogP contribution in [0.3, 0.4) is 0 Å². The second kappa shape index (κ2) is 6.04. The molecule has 0 aliphatic carbocycles. The Morgan fingerprint density at radius 3 is 2.53 bits per heavy atom. The number of halogens is 1. The van der Waals surface area contributed by atoms with E-state index in [0.29, 0.717) is 6.04 Å². The second-order valence-corrected chi connectivity index (χ2v) is 6.52. The van der Waals surface area contributed by atoms with Gasteiger partial charge in [-0.3, -0.25) is 0 Å². The van der Waals surface area contributed by atoms with E-state index in [-0.39, 0.29) is 6.04 Å². The Kier molecular flexibility index (Phi) is 4.61. The highest BCUT2D eigenvalue weighted by atomic mass is 35.5. The van der Waals surface area contributed by atoms with Crippen molar-refractivity contribution >= 4 is 22.9 Å². The predicted molar refractivity (Wildman–Crippen MR) is 83.0 cm³/mol. The first-order chi connectivity index (χ1) is 8.97. The van der Waals surface area contributed by atoms with Crippen molar-refractivity contribution in [2.24, 2.45) is 0 Å². The van der Waals surface area contributed by atoms with Crippen LogP contribution in [0.5, 0.6) is 0 Å². The van der Waals surface area contributed by atoms with Crippen LogP contribution in [0.4, 0.5) is 0 Å². The van der Waals surface area contributed by atoms with Crippen molar-refractivity contribution in [3.05, 3.63) is 50.4 Å². The SMILES string of the molecule is Cc1nc(C)c(C(C)NC(C)c2cccc(Cl)c2)s1. The van der Waals surface area contributed by atoms with Gasteiger partial charge in [-0.1, -0.05) is 23.7 Å². The minimum absolute atomic E-state index is 0.260. The molecule has 1 aromatic heterocycles. The molecule has 2 unspecified atom stereocenters. The van der Waals surface area contributed by atoms with Crippen molar-refractivity contribution in [2.75, 3.05) is 0 Å². The largest absolute Gasteiger partial charge is 0.303 e. The first-order valence-corrected chi connectivity index (χ1v) is 7.62. The number of hydrogen-bond donors (Lipinski definition) is 1. The zero-order chi connectivity index (χ0) is 14.0. The van der Waals surface area contributed by atoms with Crippen LogP contribution in [0.1, 0.15) is 47.1 Å². The Morgan fingerprint density at radius 2 is 1.95 bits per heavy atom. The van der Waals surface area contributed by atoms with Gasteiger partial charge in [-0.25, -0.2) is 4.98 Å². The molecule has 0 fully saturated rings. The molecule has 0 saturated heterocycles. The van der Waals surface area contributed by atoms with Crippen molar-refractivity contribution in [3.63, 3.8) is 0 Å². The zero-order valence-electron chi connectivity index (χ0n) is 11.7. The van der Waals surface area contributed by atoms with Gasteiger partial charge in [0, 0.05) is 22.0 Å². The van der Waals surface area contributed by atoms with E-state index in [0.717, 1.165) is 15.7 Å². The molecule has 4 heteroatoms. The van der Waals surface area contributed by atoms with Crippen LogP contribution in [-0.2, 0) is 0 Å². The molecule has 0 radical (unpaired) electrons. The minimum Gasteiger partial charge on any atom is -0.303 e. The van der Waals surface area contributed by atoms with Crippen LogP contribution in [-0.4, -0.2) is 4.98 Å². The van der Waals surface area contributed by atoms with E-state index in [2.05, 4.69) is 37.1 Å². The summed E-state index contributed by atoms with van der Waals surface area (Å²) in [4.78, 5) is 5.80. The van der Waals surface area contributed by atoms with Gasteiger partial charge in [0.1, 0.15) is 0 Å². The Morgan fingerprint density at radius 1 is 1.21 bits per heavy atom. The van der Waals surface area contributed by atoms with Crippen molar-refractivity contribution < 1.29 is 0 Å². The van der Waals surface area contributed by atoms with Crippen molar-refractivity contribution in [3.8, 4) is 0 Å². The average Bonchev–Trinajstić information content (AvgIpc) is 2.68. The van der Waals surface area contributed by atoms with Crippen LogP contribution >= 0.6 is 22.9 Å². The summed E-state index contributed by atoms with van der Waals surface area (Å²) in [5.41, 5.74) is 2.33. The summed E-state index contributed by atoms with van der Waals surface area (Å²) in [5.74, 6) is 0. The summed E-state index contributed by atoms with van der Waals surface area (Å²) in [6.07, 6.45) is 0. The third-order valence-corrected chi connectivity index (χ3v) is 4.67. The maximum Gasteiger partial charge on any atom is 0.0900 e. The molecule has 2 aromatic rings. The predicted octanol–water partition coefficient (Wildman–Crippen LogP) is 4.83. The molecule has 1 N–H and O–H groups in total. The lowest BCUT2D eigenvalue weighted by Gasteiger charge is -2.20.